The van der Waals surface area contributed by atoms with Crippen molar-refractivity contribution in [3.63, 3.8) is 0 Å². The lowest BCUT2D eigenvalue weighted by Crippen LogP contribution is -2.46. The zero-order valence-electron chi connectivity index (χ0n) is 6.24. The zero-order chi connectivity index (χ0) is 9.30. The molecule has 1 heterocycles. The summed E-state index contributed by atoms with van der Waals surface area (Å²) in [6, 6.07) is 0. The molecule has 1 aliphatic heterocycles. The van der Waals surface area contributed by atoms with Gasteiger partial charge in [0.15, 0.2) is 6.29 Å². The molecule has 12 heavy (non-hydrogen) atoms. The number of aliphatic hydroxyl groups is 5. The van der Waals surface area contributed by atoms with Crippen molar-refractivity contribution in [1.29, 1.82) is 0 Å². The van der Waals surface area contributed by atoms with Crippen molar-refractivity contribution in [3.05, 3.63) is 0 Å². The minimum absolute atomic E-state index is 0.323. The van der Waals surface area contributed by atoms with Gasteiger partial charge in [0.05, 0.1) is 6.61 Å². The summed E-state index contributed by atoms with van der Waals surface area (Å²) >= 11 is 0. The fraction of sp³-hybridized carbons (Fsp3) is 1.00. The van der Waals surface area contributed by atoms with Gasteiger partial charge in [-0.25, -0.2) is 0 Å². The van der Waals surface area contributed by atoms with E-state index in [9.17, 15) is 0 Å². The van der Waals surface area contributed by atoms with Crippen LogP contribution in [0.15, 0.2) is 0 Å². The summed E-state index contributed by atoms with van der Waals surface area (Å²) in [4.78, 5) is 0. The van der Waals surface area contributed by atoms with Crippen molar-refractivity contribution in [1.82, 2.24) is 0 Å². The Morgan fingerprint density at radius 3 is 2.00 bits per heavy atom. The van der Waals surface area contributed by atoms with Gasteiger partial charge >= 0.3 is 0 Å². The standard InChI is InChI=1S/C6H12O6/c7-2-1-12-6(11)5(10)4(9)3(2)8/h2-11H,1H2/t2-,3-,4+,5+,6+/m0/s1. The largest absolute Gasteiger partial charge is 0.388 e. The molecule has 0 aliphatic carbocycles. The molecule has 0 aromatic carbocycles. The SMILES string of the molecule is O[C@H]1[C@@H](O)[C@H](O)OC[C@H](O)[C@@H]1O. The molecule has 72 valence electrons. The maximum absolute atomic E-state index is 9.07. The number of aliphatic hydroxyl groups excluding tert-OH is 5. The van der Waals surface area contributed by atoms with E-state index in [1.165, 1.54) is 0 Å². The lowest BCUT2D eigenvalue weighted by Gasteiger charge is -2.22. The third-order valence-corrected chi connectivity index (χ3v) is 1.82. The Hall–Kier alpha value is -0.240. The molecular weight excluding hydrogens is 168 g/mol. The number of hydrogen-bond donors (Lipinski definition) is 5. The van der Waals surface area contributed by atoms with Gasteiger partial charge in [-0.05, 0) is 0 Å². The van der Waals surface area contributed by atoms with Gasteiger partial charge in [0.1, 0.15) is 24.4 Å². The maximum atomic E-state index is 9.07. The Bertz CT molecular complexity index is 135. The van der Waals surface area contributed by atoms with Gasteiger partial charge in [0.2, 0.25) is 0 Å². The van der Waals surface area contributed by atoms with Crippen molar-refractivity contribution < 1.29 is 30.3 Å². The zero-order valence-corrected chi connectivity index (χ0v) is 6.24. The first-order valence-corrected chi connectivity index (χ1v) is 3.56. The highest BCUT2D eigenvalue weighted by Crippen LogP contribution is 2.14. The Balaban J connectivity index is 2.68. The van der Waals surface area contributed by atoms with Crippen LogP contribution in [0, 0.1) is 0 Å². The summed E-state index contributed by atoms with van der Waals surface area (Å²) in [5.41, 5.74) is 0. The van der Waals surface area contributed by atoms with E-state index in [1.807, 2.05) is 0 Å². The molecule has 0 radical (unpaired) electrons. The molecule has 0 unspecified atom stereocenters. The van der Waals surface area contributed by atoms with E-state index in [4.69, 9.17) is 25.5 Å². The van der Waals surface area contributed by atoms with E-state index in [-0.39, 0.29) is 6.61 Å². The highest BCUT2D eigenvalue weighted by Gasteiger charge is 2.38. The van der Waals surface area contributed by atoms with E-state index >= 15 is 0 Å². The molecule has 5 atom stereocenters. The topological polar surface area (TPSA) is 110 Å². The van der Waals surface area contributed by atoms with Crippen LogP contribution in [0.4, 0.5) is 0 Å². The first-order valence-electron chi connectivity index (χ1n) is 3.56. The Morgan fingerprint density at radius 1 is 0.833 bits per heavy atom. The molecule has 0 aromatic heterocycles. The molecule has 1 fully saturated rings. The highest BCUT2D eigenvalue weighted by molar-refractivity contribution is 4.85. The first kappa shape index (κ1) is 9.85. The summed E-state index contributed by atoms with van der Waals surface area (Å²) in [7, 11) is 0. The number of ether oxygens (including phenoxy) is 1. The summed E-state index contributed by atoms with van der Waals surface area (Å²) < 4.78 is 4.50. The van der Waals surface area contributed by atoms with Gasteiger partial charge in [0, 0.05) is 0 Å². The fourth-order valence-electron chi connectivity index (χ4n) is 0.993. The Morgan fingerprint density at radius 2 is 1.42 bits per heavy atom. The third kappa shape index (κ3) is 1.74. The minimum Gasteiger partial charge on any atom is -0.388 e. The van der Waals surface area contributed by atoms with Crippen molar-refractivity contribution in [2.24, 2.45) is 0 Å². The second-order valence-corrected chi connectivity index (χ2v) is 2.76. The predicted molar refractivity (Wildman–Crippen MR) is 36.0 cm³/mol. The molecule has 0 saturated carbocycles. The van der Waals surface area contributed by atoms with Crippen LogP contribution in [0.3, 0.4) is 0 Å². The van der Waals surface area contributed by atoms with Gasteiger partial charge in [-0.3, -0.25) is 0 Å². The van der Waals surface area contributed by atoms with Crippen LogP contribution in [-0.2, 0) is 4.74 Å². The van der Waals surface area contributed by atoms with Crippen LogP contribution >= 0.6 is 0 Å². The molecule has 6 nitrogen and oxygen atoms in total. The normalized spacial score (nSPS) is 50.2. The van der Waals surface area contributed by atoms with Gasteiger partial charge in [-0.15, -0.1) is 0 Å². The molecule has 0 spiro atoms. The average molecular weight is 180 g/mol. The summed E-state index contributed by atoms with van der Waals surface area (Å²) in [5.74, 6) is 0. The van der Waals surface area contributed by atoms with E-state index in [1.54, 1.807) is 0 Å². The fourth-order valence-corrected chi connectivity index (χ4v) is 0.993. The average Bonchev–Trinajstić information content (AvgIpc) is 2.14. The van der Waals surface area contributed by atoms with Crippen LogP contribution in [0.25, 0.3) is 0 Å². The Kier molecular flexibility index (Phi) is 2.99. The van der Waals surface area contributed by atoms with E-state index < -0.39 is 30.7 Å². The smallest absolute Gasteiger partial charge is 0.183 e. The van der Waals surface area contributed by atoms with Crippen LogP contribution in [0.5, 0.6) is 0 Å². The Labute approximate surface area is 68.6 Å². The lowest BCUT2D eigenvalue weighted by molar-refractivity contribution is -0.181. The van der Waals surface area contributed by atoms with Gasteiger partial charge in [0.25, 0.3) is 0 Å². The van der Waals surface area contributed by atoms with Crippen molar-refractivity contribution >= 4 is 0 Å². The monoisotopic (exact) mass is 180 g/mol. The second-order valence-electron chi connectivity index (χ2n) is 2.76. The number of rotatable bonds is 0. The molecular formula is C6H12O6. The van der Waals surface area contributed by atoms with Crippen molar-refractivity contribution in [3.8, 4) is 0 Å². The predicted octanol–water partition coefficient (Wildman–Crippen LogP) is -3.22. The van der Waals surface area contributed by atoms with Gasteiger partial charge < -0.3 is 30.3 Å². The molecule has 0 aromatic rings. The van der Waals surface area contributed by atoms with Crippen LogP contribution in [0.1, 0.15) is 0 Å². The minimum atomic E-state index is -1.60. The molecule has 1 rings (SSSR count). The maximum Gasteiger partial charge on any atom is 0.183 e. The molecule has 1 aliphatic rings. The quantitative estimate of drug-likeness (QED) is 0.268. The molecule has 1 saturated heterocycles. The number of hydrogen-bond acceptors (Lipinski definition) is 6. The van der Waals surface area contributed by atoms with E-state index in [0.29, 0.717) is 0 Å². The second kappa shape index (κ2) is 3.65. The van der Waals surface area contributed by atoms with E-state index in [0.717, 1.165) is 0 Å². The van der Waals surface area contributed by atoms with Gasteiger partial charge in [-0.1, -0.05) is 0 Å². The van der Waals surface area contributed by atoms with Crippen molar-refractivity contribution in [2.75, 3.05) is 6.61 Å². The van der Waals surface area contributed by atoms with E-state index in [2.05, 4.69) is 4.74 Å². The summed E-state index contributed by atoms with van der Waals surface area (Å²) in [6.45, 7) is -0.323. The highest BCUT2D eigenvalue weighted by atomic mass is 16.6. The van der Waals surface area contributed by atoms with Gasteiger partial charge in [-0.2, -0.15) is 0 Å². The molecule has 0 amide bonds. The van der Waals surface area contributed by atoms with Crippen LogP contribution in [0.2, 0.25) is 0 Å². The first-order chi connectivity index (χ1) is 5.54. The third-order valence-electron chi connectivity index (χ3n) is 1.82. The summed E-state index contributed by atoms with van der Waals surface area (Å²) in [5, 5.41) is 45.1. The molecule has 6 heteroatoms. The van der Waals surface area contributed by atoms with Crippen LogP contribution < -0.4 is 0 Å². The van der Waals surface area contributed by atoms with Crippen LogP contribution in [-0.4, -0.2) is 62.8 Å². The molecule has 5 N–H and O–H groups in total. The molecule has 0 bridgehead atoms. The summed E-state index contributed by atoms with van der Waals surface area (Å²) in [6.07, 6.45) is -7.58. The lowest BCUT2D eigenvalue weighted by atomic mass is 10.0. The van der Waals surface area contributed by atoms with Crippen molar-refractivity contribution in [2.45, 2.75) is 30.7 Å².